The van der Waals surface area contributed by atoms with Gasteiger partial charge in [-0.25, -0.2) is 0 Å². The zero-order valence-electron chi connectivity index (χ0n) is 9.75. The monoisotopic (exact) mass is 299 g/mol. The van der Waals surface area contributed by atoms with Crippen LogP contribution in [0, 0.1) is 6.92 Å². The van der Waals surface area contributed by atoms with Crippen molar-refractivity contribution in [3.05, 3.63) is 68.2 Å². The molecule has 1 atom stereocenters. The van der Waals surface area contributed by atoms with Gasteiger partial charge in [-0.3, -0.25) is 0 Å². The zero-order chi connectivity index (χ0) is 13.3. The number of hydrogen-bond donors (Lipinski definition) is 1. The van der Waals surface area contributed by atoms with Gasteiger partial charge in [0, 0.05) is 20.6 Å². The van der Waals surface area contributed by atoms with Gasteiger partial charge in [-0.05, 0) is 36.2 Å². The highest BCUT2D eigenvalue weighted by Gasteiger charge is 2.16. The maximum Gasteiger partial charge on any atom is 0.0581 e. The summed E-state index contributed by atoms with van der Waals surface area (Å²) in [7, 11) is 0. The molecule has 2 rings (SSSR count). The summed E-state index contributed by atoms with van der Waals surface area (Å²) >= 11 is 18.4. The first-order chi connectivity index (χ1) is 8.50. The molecule has 0 heterocycles. The number of nitrogens with two attached hydrogens (primary N) is 1. The Morgan fingerprint density at radius 2 is 1.56 bits per heavy atom. The molecule has 4 heteroatoms. The van der Waals surface area contributed by atoms with Crippen LogP contribution >= 0.6 is 34.8 Å². The molecular weight excluding hydrogens is 289 g/mol. The molecule has 0 fully saturated rings. The lowest BCUT2D eigenvalue weighted by molar-refractivity contribution is 0.871. The van der Waals surface area contributed by atoms with Crippen LogP contribution in [0.1, 0.15) is 22.7 Å². The van der Waals surface area contributed by atoms with E-state index in [-0.39, 0.29) is 6.04 Å². The van der Waals surface area contributed by atoms with E-state index in [9.17, 15) is 0 Å². The highest BCUT2D eigenvalue weighted by atomic mass is 35.5. The summed E-state index contributed by atoms with van der Waals surface area (Å²) in [4.78, 5) is 0. The largest absolute Gasteiger partial charge is 0.320 e. The molecule has 0 spiro atoms. The predicted molar refractivity (Wildman–Crippen MR) is 78.7 cm³/mol. The Balaban J connectivity index is 2.48. The first-order valence-electron chi connectivity index (χ1n) is 5.46. The van der Waals surface area contributed by atoms with Crippen LogP contribution in [0.4, 0.5) is 0 Å². The molecule has 2 aromatic rings. The fraction of sp³-hybridized carbons (Fsp3) is 0.143. The van der Waals surface area contributed by atoms with E-state index in [1.165, 1.54) is 0 Å². The van der Waals surface area contributed by atoms with Crippen LogP contribution in [0.25, 0.3) is 0 Å². The van der Waals surface area contributed by atoms with E-state index in [4.69, 9.17) is 40.5 Å². The Kier molecular flexibility index (Phi) is 4.18. The molecule has 18 heavy (non-hydrogen) atoms. The molecule has 0 bridgehead atoms. The molecule has 0 aliphatic carbocycles. The van der Waals surface area contributed by atoms with Gasteiger partial charge in [0.05, 0.1) is 6.04 Å². The molecule has 0 radical (unpaired) electrons. The third-order valence-corrected chi connectivity index (χ3v) is 3.93. The average Bonchev–Trinajstić information content (AvgIpc) is 2.32. The highest BCUT2D eigenvalue weighted by Crippen LogP contribution is 2.33. The van der Waals surface area contributed by atoms with Crippen LogP contribution in [0.3, 0.4) is 0 Å². The van der Waals surface area contributed by atoms with E-state index in [1.807, 2.05) is 25.1 Å². The van der Waals surface area contributed by atoms with Crippen LogP contribution in [-0.4, -0.2) is 0 Å². The van der Waals surface area contributed by atoms with Gasteiger partial charge in [0.15, 0.2) is 0 Å². The molecular formula is C14H12Cl3N. The highest BCUT2D eigenvalue weighted by molar-refractivity contribution is 6.36. The van der Waals surface area contributed by atoms with Crippen LogP contribution in [0.5, 0.6) is 0 Å². The number of aryl methyl sites for hydroxylation is 1. The molecule has 0 aliphatic rings. The summed E-state index contributed by atoms with van der Waals surface area (Å²) in [6.07, 6.45) is 0. The molecule has 2 N–H and O–H groups in total. The van der Waals surface area contributed by atoms with Crippen molar-refractivity contribution in [1.29, 1.82) is 0 Å². The van der Waals surface area contributed by atoms with Crippen molar-refractivity contribution in [3.8, 4) is 0 Å². The summed E-state index contributed by atoms with van der Waals surface area (Å²) in [5, 5.41) is 1.81. The maximum atomic E-state index is 6.21. The van der Waals surface area contributed by atoms with Gasteiger partial charge >= 0.3 is 0 Å². The Morgan fingerprint density at radius 1 is 0.944 bits per heavy atom. The second-order valence-corrected chi connectivity index (χ2v) is 5.34. The fourth-order valence-electron chi connectivity index (χ4n) is 1.78. The topological polar surface area (TPSA) is 26.0 Å². The van der Waals surface area contributed by atoms with Gasteiger partial charge in [0.25, 0.3) is 0 Å². The molecule has 1 unspecified atom stereocenters. The minimum absolute atomic E-state index is 0.385. The molecule has 0 aromatic heterocycles. The number of halogens is 3. The Hall–Kier alpha value is -0.730. The molecule has 0 saturated carbocycles. The summed E-state index contributed by atoms with van der Waals surface area (Å²) in [5.74, 6) is 0. The molecule has 0 saturated heterocycles. The summed E-state index contributed by atoms with van der Waals surface area (Å²) in [6, 6.07) is 10.7. The normalized spacial score (nSPS) is 12.5. The van der Waals surface area contributed by atoms with Crippen LogP contribution in [0.2, 0.25) is 15.1 Å². The summed E-state index contributed by atoms with van der Waals surface area (Å²) in [6.45, 7) is 1.94. The average molecular weight is 301 g/mol. The third-order valence-electron chi connectivity index (χ3n) is 2.87. The van der Waals surface area contributed by atoms with Gasteiger partial charge < -0.3 is 5.73 Å². The lowest BCUT2D eigenvalue weighted by atomic mass is 9.98. The van der Waals surface area contributed by atoms with Crippen molar-refractivity contribution in [2.45, 2.75) is 13.0 Å². The van der Waals surface area contributed by atoms with Gasteiger partial charge in [-0.1, -0.05) is 53.0 Å². The molecule has 0 aliphatic heterocycles. The molecule has 1 nitrogen and oxygen atoms in total. The van der Waals surface area contributed by atoms with Gasteiger partial charge in [0.2, 0.25) is 0 Å². The van der Waals surface area contributed by atoms with Crippen molar-refractivity contribution in [1.82, 2.24) is 0 Å². The quantitative estimate of drug-likeness (QED) is 0.829. The minimum Gasteiger partial charge on any atom is -0.320 e. The fourth-order valence-corrected chi connectivity index (χ4v) is 2.60. The van der Waals surface area contributed by atoms with Crippen molar-refractivity contribution in [2.75, 3.05) is 0 Å². The Bertz CT molecular complexity index is 561. The smallest absolute Gasteiger partial charge is 0.0581 e. The number of benzene rings is 2. The van der Waals surface area contributed by atoms with Gasteiger partial charge in [-0.2, -0.15) is 0 Å². The van der Waals surface area contributed by atoms with E-state index in [1.54, 1.807) is 18.2 Å². The van der Waals surface area contributed by atoms with E-state index in [0.29, 0.717) is 15.1 Å². The SMILES string of the molecule is Cc1ccc(C(N)c2c(Cl)cccc2Cl)cc1Cl. The van der Waals surface area contributed by atoms with Crippen LogP contribution in [-0.2, 0) is 0 Å². The maximum absolute atomic E-state index is 6.21. The van der Waals surface area contributed by atoms with E-state index in [0.717, 1.165) is 16.7 Å². The molecule has 94 valence electrons. The third kappa shape index (κ3) is 2.65. The number of rotatable bonds is 2. The first-order valence-corrected chi connectivity index (χ1v) is 6.59. The standard InChI is InChI=1S/C14H12Cl3N/c1-8-5-6-9(7-12(8)17)14(18)13-10(15)3-2-4-11(13)16/h2-7,14H,18H2,1H3. The second-order valence-electron chi connectivity index (χ2n) is 4.12. The lowest BCUT2D eigenvalue weighted by Gasteiger charge is -2.16. The van der Waals surface area contributed by atoms with Crippen molar-refractivity contribution < 1.29 is 0 Å². The first kappa shape index (κ1) is 13.7. The summed E-state index contributed by atoms with van der Waals surface area (Å²) in [5.41, 5.74) is 8.83. The van der Waals surface area contributed by atoms with E-state index in [2.05, 4.69) is 0 Å². The summed E-state index contributed by atoms with van der Waals surface area (Å²) < 4.78 is 0. The Labute approximate surface area is 121 Å². The number of hydrogen-bond acceptors (Lipinski definition) is 1. The van der Waals surface area contributed by atoms with E-state index < -0.39 is 0 Å². The van der Waals surface area contributed by atoms with Gasteiger partial charge in [-0.15, -0.1) is 0 Å². The molecule has 0 amide bonds. The molecule has 2 aromatic carbocycles. The van der Waals surface area contributed by atoms with Crippen molar-refractivity contribution in [2.24, 2.45) is 5.73 Å². The van der Waals surface area contributed by atoms with Crippen molar-refractivity contribution >= 4 is 34.8 Å². The lowest BCUT2D eigenvalue weighted by Crippen LogP contribution is -2.13. The van der Waals surface area contributed by atoms with Crippen LogP contribution < -0.4 is 5.73 Å². The minimum atomic E-state index is -0.385. The predicted octanol–water partition coefficient (Wildman–Crippen LogP) is 5.00. The van der Waals surface area contributed by atoms with Gasteiger partial charge in [0.1, 0.15) is 0 Å². The Morgan fingerprint density at radius 3 is 2.11 bits per heavy atom. The van der Waals surface area contributed by atoms with E-state index >= 15 is 0 Å². The second kappa shape index (κ2) is 5.50. The van der Waals surface area contributed by atoms with Crippen molar-refractivity contribution in [3.63, 3.8) is 0 Å². The zero-order valence-corrected chi connectivity index (χ0v) is 12.0. The van der Waals surface area contributed by atoms with Crippen LogP contribution in [0.15, 0.2) is 36.4 Å².